The smallest absolute Gasteiger partial charge is 0.411 e. The van der Waals surface area contributed by atoms with E-state index in [1.807, 2.05) is 26.1 Å². The van der Waals surface area contributed by atoms with Gasteiger partial charge in [-0.25, -0.2) is 18.0 Å². The molecular weight excluding hydrogens is 441 g/mol. The van der Waals surface area contributed by atoms with Gasteiger partial charge in [-0.1, -0.05) is 36.4 Å². The number of ether oxygens (including phenoxy) is 1. The number of benzene rings is 3. The van der Waals surface area contributed by atoms with Crippen LogP contribution in [0.15, 0.2) is 66.7 Å². The molecule has 0 radical (unpaired) electrons. The average molecular weight is 469 g/mol. The molecule has 1 aliphatic heterocycles. The van der Waals surface area contributed by atoms with Crippen molar-refractivity contribution in [3.8, 4) is 11.1 Å². The van der Waals surface area contributed by atoms with Crippen molar-refractivity contribution >= 4 is 6.09 Å². The van der Waals surface area contributed by atoms with Gasteiger partial charge in [0.05, 0.1) is 6.04 Å². The third kappa shape index (κ3) is 4.80. The Morgan fingerprint density at radius 1 is 1.00 bits per heavy atom. The lowest BCUT2D eigenvalue weighted by molar-refractivity contribution is -0.0648. The summed E-state index contributed by atoms with van der Waals surface area (Å²) in [6.07, 6.45) is 0.698. The number of rotatable bonds is 7. The molecule has 3 aromatic rings. The Kier molecular flexibility index (Phi) is 6.93. The molecule has 178 valence electrons. The van der Waals surface area contributed by atoms with Gasteiger partial charge in [-0.15, -0.1) is 0 Å². The molecule has 0 saturated carbocycles. The van der Waals surface area contributed by atoms with E-state index in [0.29, 0.717) is 37.1 Å². The van der Waals surface area contributed by atoms with Crippen molar-refractivity contribution < 1.29 is 22.7 Å². The van der Waals surface area contributed by atoms with Crippen molar-refractivity contribution in [3.05, 3.63) is 95.3 Å². The Hall–Kier alpha value is -3.32. The molecule has 1 fully saturated rings. The van der Waals surface area contributed by atoms with Gasteiger partial charge in [0.15, 0.2) is 0 Å². The Balaban J connectivity index is 1.52. The minimum atomic E-state index is -0.825. The molecule has 1 heterocycles. The van der Waals surface area contributed by atoms with E-state index < -0.39 is 23.3 Å². The van der Waals surface area contributed by atoms with Crippen LogP contribution in [0.5, 0.6) is 0 Å². The first-order valence-corrected chi connectivity index (χ1v) is 11.3. The number of halogens is 3. The van der Waals surface area contributed by atoms with Crippen LogP contribution in [0.4, 0.5) is 18.0 Å². The maximum Gasteiger partial charge on any atom is 0.411 e. The number of nitrogens with one attached hydrogen (secondary N) is 1. The third-order valence-corrected chi connectivity index (χ3v) is 6.53. The Morgan fingerprint density at radius 2 is 1.68 bits per heavy atom. The monoisotopic (exact) mass is 468 g/mol. The fourth-order valence-corrected chi connectivity index (χ4v) is 4.47. The largest absolute Gasteiger partial charge is 0.438 e. The summed E-state index contributed by atoms with van der Waals surface area (Å²) in [5.41, 5.74) is 1.75. The summed E-state index contributed by atoms with van der Waals surface area (Å²) in [5.74, 6) is -1.59. The second-order valence-corrected chi connectivity index (χ2v) is 8.59. The van der Waals surface area contributed by atoms with Gasteiger partial charge in [-0.2, -0.15) is 0 Å². The third-order valence-electron chi connectivity index (χ3n) is 6.53. The van der Waals surface area contributed by atoms with E-state index in [-0.39, 0.29) is 11.9 Å². The van der Waals surface area contributed by atoms with Crippen molar-refractivity contribution in [2.24, 2.45) is 0 Å². The number of nitrogens with zero attached hydrogens (tertiary/aromatic N) is 1. The summed E-state index contributed by atoms with van der Waals surface area (Å²) < 4.78 is 46.8. The van der Waals surface area contributed by atoms with Gasteiger partial charge in [0.25, 0.3) is 0 Å². The summed E-state index contributed by atoms with van der Waals surface area (Å²) >= 11 is 0. The van der Waals surface area contributed by atoms with Crippen LogP contribution in [-0.2, 0) is 10.3 Å². The van der Waals surface area contributed by atoms with Crippen LogP contribution in [0.3, 0.4) is 0 Å². The summed E-state index contributed by atoms with van der Waals surface area (Å²) in [4.78, 5) is 14.8. The van der Waals surface area contributed by atoms with Gasteiger partial charge in [0, 0.05) is 31.0 Å². The van der Waals surface area contributed by atoms with Gasteiger partial charge in [-0.05, 0) is 61.5 Å². The first-order valence-electron chi connectivity index (χ1n) is 11.3. The lowest BCUT2D eigenvalue weighted by atomic mass is 9.85. The topological polar surface area (TPSA) is 41.6 Å². The number of cyclic esters (lactones) is 1. The highest BCUT2D eigenvalue weighted by Crippen LogP contribution is 2.39. The molecule has 34 heavy (non-hydrogen) atoms. The van der Waals surface area contributed by atoms with Gasteiger partial charge in [0.2, 0.25) is 0 Å². The lowest BCUT2D eigenvalue weighted by Crippen LogP contribution is -2.49. The number of hydrogen-bond acceptors (Lipinski definition) is 3. The first-order chi connectivity index (χ1) is 16.3. The second kappa shape index (κ2) is 9.89. The molecule has 4 nitrogen and oxygen atoms in total. The molecule has 0 aromatic heterocycles. The molecule has 4 rings (SSSR count). The van der Waals surface area contributed by atoms with E-state index in [2.05, 4.69) is 5.32 Å². The van der Waals surface area contributed by atoms with E-state index in [1.54, 1.807) is 29.2 Å². The molecule has 7 heteroatoms. The van der Waals surface area contributed by atoms with Crippen LogP contribution >= 0.6 is 0 Å². The van der Waals surface area contributed by atoms with Crippen LogP contribution < -0.4 is 5.32 Å². The normalized spacial score (nSPS) is 19.1. The summed E-state index contributed by atoms with van der Waals surface area (Å²) in [7, 11) is 1.83. The highest BCUT2D eigenvalue weighted by molar-refractivity contribution is 5.70. The fraction of sp³-hybridized carbons (Fsp3) is 0.296. The van der Waals surface area contributed by atoms with Gasteiger partial charge in [0.1, 0.15) is 23.1 Å². The molecule has 1 amide bonds. The predicted molar refractivity (Wildman–Crippen MR) is 125 cm³/mol. The van der Waals surface area contributed by atoms with Crippen LogP contribution in [0, 0.1) is 17.5 Å². The maximum atomic E-state index is 14.1. The highest BCUT2D eigenvalue weighted by Gasteiger charge is 2.43. The molecule has 2 atom stereocenters. The molecule has 3 aromatic carbocycles. The summed E-state index contributed by atoms with van der Waals surface area (Å²) in [6.45, 7) is 3.02. The first kappa shape index (κ1) is 23.8. The minimum absolute atomic E-state index is 0.268. The molecule has 1 aliphatic rings. The van der Waals surface area contributed by atoms with E-state index in [1.165, 1.54) is 24.3 Å². The summed E-state index contributed by atoms with van der Waals surface area (Å²) in [6, 6.07) is 16.5. The van der Waals surface area contributed by atoms with E-state index in [4.69, 9.17) is 4.74 Å². The standard InChI is InChI=1S/C27H27F3N2O2/c1-18(19-3-5-20(6-4-19)24-12-11-23(29)17-25(24)30)32-16-14-27(13-15-31-2,34-26(32)33)21-7-9-22(28)10-8-21/h3-12,17-18,31H,13-16H2,1-2H3/t18-,27+/m0/s1. The quantitative estimate of drug-likeness (QED) is 0.450. The molecule has 0 bridgehead atoms. The van der Waals surface area contributed by atoms with Gasteiger partial charge in [-0.3, -0.25) is 0 Å². The zero-order chi connectivity index (χ0) is 24.3. The maximum absolute atomic E-state index is 14.1. The number of amides is 1. The molecule has 0 aliphatic carbocycles. The molecule has 0 spiro atoms. The van der Waals surface area contributed by atoms with Crippen molar-refractivity contribution in [1.82, 2.24) is 10.2 Å². The molecular formula is C27H27F3N2O2. The molecule has 1 N–H and O–H groups in total. The van der Waals surface area contributed by atoms with Crippen molar-refractivity contribution in [2.45, 2.75) is 31.4 Å². The Bertz CT molecular complexity index is 1150. The van der Waals surface area contributed by atoms with Crippen molar-refractivity contribution in [1.29, 1.82) is 0 Å². The van der Waals surface area contributed by atoms with Gasteiger partial charge >= 0.3 is 6.09 Å². The minimum Gasteiger partial charge on any atom is -0.438 e. The second-order valence-electron chi connectivity index (χ2n) is 8.59. The molecule has 0 unspecified atom stereocenters. The van der Waals surface area contributed by atoms with E-state index >= 15 is 0 Å². The number of carbonyl (C=O) groups is 1. The Morgan fingerprint density at radius 3 is 2.29 bits per heavy atom. The lowest BCUT2D eigenvalue weighted by Gasteiger charge is -2.43. The van der Waals surface area contributed by atoms with Crippen LogP contribution in [0.25, 0.3) is 11.1 Å². The fourth-order valence-electron chi connectivity index (χ4n) is 4.47. The van der Waals surface area contributed by atoms with Crippen LogP contribution in [-0.4, -0.2) is 31.1 Å². The summed E-state index contributed by atoms with van der Waals surface area (Å²) in [5, 5.41) is 3.09. The van der Waals surface area contributed by atoms with E-state index in [9.17, 15) is 18.0 Å². The van der Waals surface area contributed by atoms with Crippen LogP contribution in [0.1, 0.15) is 36.9 Å². The van der Waals surface area contributed by atoms with Crippen molar-refractivity contribution in [2.75, 3.05) is 20.1 Å². The molecule has 1 saturated heterocycles. The number of carbonyl (C=O) groups excluding carboxylic acids is 1. The van der Waals surface area contributed by atoms with E-state index in [0.717, 1.165) is 17.2 Å². The average Bonchev–Trinajstić information content (AvgIpc) is 2.83. The predicted octanol–water partition coefficient (Wildman–Crippen LogP) is 6.18. The zero-order valence-electron chi connectivity index (χ0n) is 19.2. The van der Waals surface area contributed by atoms with Crippen molar-refractivity contribution in [3.63, 3.8) is 0 Å². The zero-order valence-corrected chi connectivity index (χ0v) is 19.2. The SMILES string of the molecule is CNCC[C@]1(c2ccc(F)cc2)CCN([C@@H](C)c2ccc(-c3ccc(F)cc3F)cc2)C(=O)O1. The Labute approximate surface area is 197 Å². The highest BCUT2D eigenvalue weighted by atomic mass is 19.1. The van der Waals surface area contributed by atoms with Crippen LogP contribution in [0.2, 0.25) is 0 Å². The van der Waals surface area contributed by atoms with Gasteiger partial charge < -0.3 is 15.0 Å². The number of hydrogen-bond donors (Lipinski definition) is 1.